The Morgan fingerprint density at radius 1 is 1.14 bits per heavy atom. The summed E-state index contributed by atoms with van der Waals surface area (Å²) in [6.45, 7) is 5.81. The number of aryl methyl sites for hydroxylation is 4. The van der Waals surface area contributed by atoms with E-state index in [0.717, 1.165) is 17.0 Å². The highest BCUT2D eigenvalue weighted by atomic mass is 32.2. The third-order valence-corrected chi connectivity index (χ3v) is 5.60. The van der Waals surface area contributed by atoms with E-state index in [1.165, 1.54) is 15.2 Å². The Morgan fingerprint density at radius 2 is 1.76 bits per heavy atom. The summed E-state index contributed by atoms with van der Waals surface area (Å²) in [5, 5.41) is 8.42. The molecule has 0 fully saturated rings. The van der Waals surface area contributed by atoms with Gasteiger partial charge in [0.2, 0.25) is 10.0 Å². The molecule has 0 spiro atoms. The van der Waals surface area contributed by atoms with Gasteiger partial charge in [-0.15, -0.1) is 0 Å². The van der Waals surface area contributed by atoms with Crippen LogP contribution >= 0.6 is 0 Å². The molecule has 0 aromatic carbocycles. The van der Waals surface area contributed by atoms with Crippen LogP contribution in [-0.4, -0.2) is 39.3 Å². The van der Waals surface area contributed by atoms with Gasteiger partial charge in [-0.05, 0) is 20.8 Å². The third-order valence-electron chi connectivity index (χ3n) is 3.70. The Bertz CT molecular complexity index is 773. The zero-order valence-electron chi connectivity index (χ0n) is 13.2. The summed E-state index contributed by atoms with van der Waals surface area (Å²) in [5.74, 6) is 0. The second kappa shape index (κ2) is 5.27. The maximum Gasteiger partial charge on any atom is 0.246 e. The van der Waals surface area contributed by atoms with Crippen molar-refractivity contribution in [3.63, 3.8) is 0 Å². The van der Waals surface area contributed by atoms with Crippen molar-refractivity contribution >= 4 is 10.0 Å². The molecule has 0 radical (unpaired) electrons. The lowest BCUT2D eigenvalue weighted by Crippen LogP contribution is -2.27. The highest BCUT2D eigenvalue weighted by molar-refractivity contribution is 7.89. The van der Waals surface area contributed by atoms with E-state index in [4.69, 9.17) is 0 Å². The van der Waals surface area contributed by atoms with Gasteiger partial charge in [-0.3, -0.25) is 9.36 Å². The molecular formula is C13H21N5O2S. The van der Waals surface area contributed by atoms with Crippen molar-refractivity contribution < 1.29 is 8.42 Å². The van der Waals surface area contributed by atoms with Crippen LogP contribution in [0.15, 0.2) is 11.1 Å². The van der Waals surface area contributed by atoms with Crippen molar-refractivity contribution in [3.05, 3.63) is 28.8 Å². The molecule has 21 heavy (non-hydrogen) atoms. The van der Waals surface area contributed by atoms with Crippen LogP contribution in [0.1, 0.15) is 22.6 Å². The largest absolute Gasteiger partial charge is 0.274 e. The third kappa shape index (κ3) is 2.73. The lowest BCUT2D eigenvalue weighted by atomic mass is 10.2. The van der Waals surface area contributed by atoms with E-state index in [9.17, 15) is 8.42 Å². The standard InChI is InChI=1S/C13H21N5O2S/c1-9-12(11(3)18(6)15-9)7-17(5)21(19,20)13-8-16(4)14-10(13)2/h8H,7H2,1-6H3. The molecule has 0 bridgehead atoms. The van der Waals surface area contributed by atoms with Gasteiger partial charge in [0.05, 0.1) is 11.4 Å². The summed E-state index contributed by atoms with van der Waals surface area (Å²) in [7, 11) is 1.58. The second-order valence-electron chi connectivity index (χ2n) is 5.29. The van der Waals surface area contributed by atoms with Crippen LogP contribution in [0.4, 0.5) is 0 Å². The topological polar surface area (TPSA) is 73.0 Å². The molecular weight excluding hydrogens is 290 g/mol. The molecule has 0 saturated heterocycles. The predicted molar refractivity (Wildman–Crippen MR) is 79.3 cm³/mol. The molecule has 2 aromatic rings. The van der Waals surface area contributed by atoms with E-state index in [2.05, 4.69) is 10.2 Å². The summed E-state index contributed by atoms with van der Waals surface area (Å²) in [4.78, 5) is 0.242. The zero-order valence-corrected chi connectivity index (χ0v) is 14.1. The maximum atomic E-state index is 12.6. The maximum absolute atomic E-state index is 12.6. The minimum Gasteiger partial charge on any atom is -0.274 e. The van der Waals surface area contributed by atoms with Gasteiger partial charge < -0.3 is 0 Å². The van der Waals surface area contributed by atoms with E-state index in [0.29, 0.717) is 12.2 Å². The van der Waals surface area contributed by atoms with Gasteiger partial charge in [-0.1, -0.05) is 0 Å². The van der Waals surface area contributed by atoms with Crippen molar-refractivity contribution in [1.82, 2.24) is 23.9 Å². The molecule has 2 rings (SSSR count). The quantitative estimate of drug-likeness (QED) is 0.841. The van der Waals surface area contributed by atoms with Gasteiger partial charge in [-0.2, -0.15) is 14.5 Å². The molecule has 2 heterocycles. The number of nitrogens with zero attached hydrogens (tertiary/aromatic N) is 5. The molecule has 0 aliphatic carbocycles. The number of sulfonamides is 1. The molecule has 0 atom stereocenters. The van der Waals surface area contributed by atoms with E-state index in [1.807, 2.05) is 20.9 Å². The van der Waals surface area contributed by atoms with Crippen LogP contribution in [0.3, 0.4) is 0 Å². The van der Waals surface area contributed by atoms with Crippen molar-refractivity contribution in [2.75, 3.05) is 7.05 Å². The van der Waals surface area contributed by atoms with Gasteiger partial charge in [0.1, 0.15) is 4.90 Å². The van der Waals surface area contributed by atoms with Crippen molar-refractivity contribution in [2.24, 2.45) is 14.1 Å². The lowest BCUT2D eigenvalue weighted by Gasteiger charge is -2.17. The number of rotatable bonds is 4. The second-order valence-corrected chi connectivity index (χ2v) is 7.30. The van der Waals surface area contributed by atoms with E-state index < -0.39 is 10.0 Å². The number of aromatic nitrogens is 4. The van der Waals surface area contributed by atoms with Gasteiger partial charge in [0.25, 0.3) is 0 Å². The summed E-state index contributed by atoms with van der Waals surface area (Å²) < 4.78 is 29.9. The average molecular weight is 311 g/mol. The normalized spacial score (nSPS) is 12.3. The van der Waals surface area contributed by atoms with Crippen molar-refractivity contribution in [2.45, 2.75) is 32.2 Å². The van der Waals surface area contributed by atoms with Crippen molar-refractivity contribution in [3.8, 4) is 0 Å². The van der Waals surface area contributed by atoms with E-state index in [1.54, 1.807) is 25.7 Å². The minimum atomic E-state index is -3.56. The van der Waals surface area contributed by atoms with E-state index in [-0.39, 0.29) is 4.90 Å². The molecule has 0 aliphatic rings. The first kappa shape index (κ1) is 15.7. The van der Waals surface area contributed by atoms with Crippen LogP contribution in [0, 0.1) is 20.8 Å². The Morgan fingerprint density at radius 3 is 2.19 bits per heavy atom. The summed E-state index contributed by atoms with van der Waals surface area (Å²) in [6, 6.07) is 0. The Balaban J connectivity index is 2.35. The summed E-state index contributed by atoms with van der Waals surface area (Å²) in [6.07, 6.45) is 1.53. The molecule has 0 unspecified atom stereocenters. The van der Waals surface area contributed by atoms with Crippen LogP contribution in [-0.2, 0) is 30.7 Å². The van der Waals surface area contributed by atoms with Crippen LogP contribution in [0.5, 0.6) is 0 Å². The molecule has 8 heteroatoms. The Labute approximate surface area is 125 Å². The van der Waals surface area contributed by atoms with Crippen molar-refractivity contribution in [1.29, 1.82) is 0 Å². The fourth-order valence-corrected chi connectivity index (χ4v) is 3.69. The number of hydrogen-bond donors (Lipinski definition) is 0. The molecule has 0 aliphatic heterocycles. The monoisotopic (exact) mass is 311 g/mol. The molecule has 2 aromatic heterocycles. The highest BCUT2D eigenvalue weighted by Crippen LogP contribution is 2.21. The van der Waals surface area contributed by atoms with E-state index >= 15 is 0 Å². The van der Waals surface area contributed by atoms with Gasteiger partial charge in [-0.25, -0.2) is 8.42 Å². The lowest BCUT2D eigenvalue weighted by molar-refractivity contribution is 0.464. The first-order valence-electron chi connectivity index (χ1n) is 6.60. The predicted octanol–water partition coefficient (Wildman–Crippen LogP) is 0.900. The summed E-state index contributed by atoms with van der Waals surface area (Å²) >= 11 is 0. The molecule has 0 saturated carbocycles. The molecule has 0 amide bonds. The summed E-state index contributed by atoms with van der Waals surface area (Å²) in [5.41, 5.74) is 3.26. The van der Waals surface area contributed by atoms with Gasteiger partial charge in [0.15, 0.2) is 0 Å². The Kier molecular flexibility index (Phi) is 3.94. The Hall–Kier alpha value is -1.67. The number of hydrogen-bond acceptors (Lipinski definition) is 4. The van der Waals surface area contributed by atoms with Gasteiger partial charge >= 0.3 is 0 Å². The minimum absolute atomic E-state index is 0.242. The fraction of sp³-hybridized carbons (Fsp3) is 0.538. The highest BCUT2D eigenvalue weighted by Gasteiger charge is 2.26. The van der Waals surface area contributed by atoms with Gasteiger partial charge in [0, 0.05) is 45.1 Å². The van der Waals surface area contributed by atoms with Crippen LogP contribution in [0.25, 0.3) is 0 Å². The molecule has 0 N–H and O–H groups in total. The average Bonchev–Trinajstić information content (AvgIpc) is 2.84. The molecule has 116 valence electrons. The molecule has 7 nitrogen and oxygen atoms in total. The first-order valence-corrected chi connectivity index (χ1v) is 8.04. The smallest absolute Gasteiger partial charge is 0.246 e. The zero-order chi connectivity index (χ0) is 15.9. The fourth-order valence-electron chi connectivity index (χ4n) is 2.35. The first-order chi connectivity index (χ1) is 9.64. The van der Waals surface area contributed by atoms with Crippen LogP contribution < -0.4 is 0 Å². The SMILES string of the molecule is Cc1nn(C)cc1S(=O)(=O)N(C)Cc1c(C)nn(C)c1C. The van der Waals surface area contributed by atoms with Crippen LogP contribution in [0.2, 0.25) is 0 Å².